The summed E-state index contributed by atoms with van der Waals surface area (Å²) in [5, 5.41) is 9.15. The first-order valence-corrected chi connectivity index (χ1v) is 6.71. The first kappa shape index (κ1) is 13.4. The summed E-state index contributed by atoms with van der Waals surface area (Å²) in [6.45, 7) is 3.26. The summed E-state index contributed by atoms with van der Waals surface area (Å²) in [5.74, 6) is -1.50. The van der Waals surface area contributed by atoms with E-state index in [-0.39, 0.29) is 5.56 Å². The first-order chi connectivity index (χ1) is 9.69. The van der Waals surface area contributed by atoms with Gasteiger partial charge in [0, 0.05) is 19.2 Å². The maximum atomic E-state index is 11.2. The molecule has 0 atom stereocenters. The number of carboxylic acid groups (broad SMARTS) is 1. The van der Waals surface area contributed by atoms with Crippen LogP contribution in [0, 0.1) is 0 Å². The Morgan fingerprint density at radius 2 is 2.25 bits per heavy atom. The molecule has 0 bridgehead atoms. The second-order valence-electron chi connectivity index (χ2n) is 5.11. The van der Waals surface area contributed by atoms with Crippen LogP contribution in [0.5, 0.6) is 0 Å². The Bertz CT molecular complexity index is 502. The fourth-order valence-corrected chi connectivity index (χ4v) is 2.81. The van der Waals surface area contributed by atoms with E-state index in [0.29, 0.717) is 32.0 Å². The predicted octanol–water partition coefficient (Wildman–Crippen LogP) is 0.514. The molecule has 2 aliphatic heterocycles. The van der Waals surface area contributed by atoms with Crippen LogP contribution >= 0.6 is 0 Å². The van der Waals surface area contributed by atoms with Crippen LogP contribution in [-0.4, -0.2) is 58.0 Å². The van der Waals surface area contributed by atoms with Gasteiger partial charge in [-0.15, -0.1) is 0 Å². The number of carbonyl (C=O) groups is 1. The number of hydrogen-bond acceptors (Lipinski definition) is 6. The number of likely N-dealkylation sites (tertiary alicyclic amines) is 1. The second-order valence-corrected chi connectivity index (χ2v) is 5.11. The average Bonchev–Trinajstić information content (AvgIpc) is 2.87. The van der Waals surface area contributed by atoms with E-state index in [2.05, 4.69) is 14.9 Å². The number of carboxylic acids is 1. The number of aromatic carboxylic acids is 1. The average molecular weight is 279 g/mol. The molecule has 1 spiro atoms. The Morgan fingerprint density at radius 3 is 3.00 bits per heavy atom. The molecule has 108 valence electrons. The van der Waals surface area contributed by atoms with Gasteiger partial charge in [-0.1, -0.05) is 0 Å². The molecule has 1 aromatic rings. The van der Waals surface area contributed by atoms with Crippen LogP contribution in [0.15, 0.2) is 12.5 Å². The Hall–Kier alpha value is -1.57. The normalized spacial score (nSPS) is 22.2. The van der Waals surface area contributed by atoms with Gasteiger partial charge < -0.3 is 14.6 Å². The highest BCUT2D eigenvalue weighted by atomic mass is 16.7. The van der Waals surface area contributed by atoms with Gasteiger partial charge in [-0.2, -0.15) is 0 Å². The lowest BCUT2D eigenvalue weighted by atomic mass is 10.0. The number of aromatic nitrogens is 2. The van der Waals surface area contributed by atoms with Crippen molar-refractivity contribution < 1.29 is 19.4 Å². The van der Waals surface area contributed by atoms with Crippen LogP contribution in [-0.2, 0) is 16.0 Å². The first-order valence-electron chi connectivity index (χ1n) is 6.71. The monoisotopic (exact) mass is 279 g/mol. The molecule has 3 heterocycles. The van der Waals surface area contributed by atoms with Crippen molar-refractivity contribution >= 4 is 5.97 Å². The third-order valence-electron chi connectivity index (χ3n) is 3.71. The molecule has 0 unspecified atom stereocenters. The molecule has 3 rings (SSSR count). The summed E-state index contributed by atoms with van der Waals surface area (Å²) in [7, 11) is 0. The molecule has 2 saturated heterocycles. The standard InChI is InChI=1S/C13H17N3O4/c17-12(18)10-6-14-9-15-11(10)7-16-3-1-2-13(8-16)19-4-5-20-13/h6,9H,1-5,7-8H2,(H,17,18). The van der Waals surface area contributed by atoms with E-state index in [1.165, 1.54) is 12.5 Å². The van der Waals surface area contributed by atoms with E-state index >= 15 is 0 Å². The summed E-state index contributed by atoms with van der Waals surface area (Å²) < 4.78 is 11.4. The van der Waals surface area contributed by atoms with Crippen LogP contribution < -0.4 is 0 Å². The van der Waals surface area contributed by atoms with Gasteiger partial charge in [0.2, 0.25) is 0 Å². The molecule has 7 nitrogen and oxygen atoms in total. The zero-order valence-electron chi connectivity index (χ0n) is 11.1. The predicted molar refractivity (Wildman–Crippen MR) is 68.1 cm³/mol. The van der Waals surface area contributed by atoms with Crippen molar-refractivity contribution in [3.8, 4) is 0 Å². The van der Waals surface area contributed by atoms with Gasteiger partial charge in [0.05, 0.1) is 25.5 Å². The van der Waals surface area contributed by atoms with E-state index in [4.69, 9.17) is 14.6 Å². The second kappa shape index (κ2) is 5.43. The molecular weight excluding hydrogens is 262 g/mol. The van der Waals surface area contributed by atoms with Crippen LogP contribution in [0.25, 0.3) is 0 Å². The third kappa shape index (κ3) is 2.65. The maximum absolute atomic E-state index is 11.2. The van der Waals surface area contributed by atoms with E-state index in [0.717, 1.165) is 19.4 Å². The van der Waals surface area contributed by atoms with Crippen molar-refractivity contribution in [1.29, 1.82) is 0 Å². The van der Waals surface area contributed by atoms with Crippen molar-refractivity contribution in [1.82, 2.24) is 14.9 Å². The van der Waals surface area contributed by atoms with Crippen molar-refractivity contribution in [2.75, 3.05) is 26.3 Å². The molecule has 1 aromatic heterocycles. The van der Waals surface area contributed by atoms with Gasteiger partial charge >= 0.3 is 5.97 Å². The van der Waals surface area contributed by atoms with Crippen molar-refractivity contribution in [2.45, 2.75) is 25.2 Å². The minimum absolute atomic E-state index is 0.153. The minimum Gasteiger partial charge on any atom is -0.478 e. The number of nitrogens with zero attached hydrogens (tertiary/aromatic N) is 3. The Morgan fingerprint density at radius 1 is 1.45 bits per heavy atom. The lowest BCUT2D eigenvalue weighted by Crippen LogP contribution is -2.48. The van der Waals surface area contributed by atoms with Crippen LogP contribution in [0.1, 0.15) is 28.9 Å². The molecule has 0 amide bonds. The number of ether oxygens (including phenoxy) is 2. The van der Waals surface area contributed by atoms with Crippen molar-refractivity contribution in [3.05, 3.63) is 23.8 Å². The van der Waals surface area contributed by atoms with Crippen molar-refractivity contribution in [3.63, 3.8) is 0 Å². The molecule has 2 aliphatic rings. The zero-order chi connectivity index (χ0) is 14.0. The summed E-state index contributed by atoms with van der Waals surface area (Å²) in [5.41, 5.74) is 0.683. The lowest BCUT2D eigenvalue weighted by molar-refractivity contribution is -0.190. The van der Waals surface area contributed by atoms with Crippen LogP contribution in [0.3, 0.4) is 0 Å². The molecular formula is C13H17N3O4. The molecule has 20 heavy (non-hydrogen) atoms. The Labute approximate surface area is 116 Å². The summed E-state index contributed by atoms with van der Waals surface area (Å²) in [4.78, 5) is 21.2. The molecule has 2 fully saturated rings. The third-order valence-corrected chi connectivity index (χ3v) is 3.71. The Balaban J connectivity index is 1.73. The highest BCUT2D eigenvalue weighted by Gasteiger charge is 2.40. The number of rotatable bonds is 3. The smallest absolute Gasteiger partial charge is 0.339 e. The zero-order valence-corrected chi connectivity index (χ0v) is 11.1. The van der Waals surface area contributed by atoms with E-state index in [1.807, 2.05) is 0 Å². The van der Waals surface area contributed by atoms with Crippen LogP contribution in [0.4, 0.5) is 0 Å². The molecule has 0 aliphatic carbocycles. The number of piperidine rings is 1. The van der Waals surface area contributed by atoms with Gasteiger partial charge in [0.25, 0.3) is 0 Å². The fourth-order valence-electron chi connectivity index (χ4n) is 2.81. The van der Waals surface area contributed by atoms with Gasteiger partial charge in [0.1, 0.15) is 11.9 Å². The molecule has 0 radical (unpaired) electrons. The van der Waals surface area contributed by atoms with E-state index in [1.54, 1.807) is 0 Å². The van der Waals surface area contributed by atoms with Gasteiger partial charge in [-0.3, -0.25) is 4.90 Å². The topological polar surface area (TPSA) is 84.8 Å². The summed E-state index contributed by atoms with van der Waals surface area (Å²) in [6, 6.07) is 0. The minimum atomic E-state index is -0.999. The van der Waals surface area contributed by atoms with Crippen molar-refractivity contribution in [2.24, 2.45) is 0 Å². The largest absolute Gasteiger partial charge is 0.478 e. The SMILES string of the molecule is O=C(O)c1cncnc1CN1CCCC2(C1)OCCO2. The molecule has 7 heteroatoms. The highest BCUT2D eigenvalue weighted by Crippen LogP contribution is 2.30. The van der Waals surface area contributed by atoms with Gasteiger partial charge in [-0.05, 0) is 13.0 Å². The molecule has 0 saturated carbocycles. The van der Waals surface area contributed by atoms with E-state index in [9.17, 15) is 4.79 Å². The van der Waals surface area contributed by atoms with E-state index < -0.39 is 11.8 Å². The van der Waals surface area contributed by atoms with Crippen LogP contribution in [0.2, 0.25) is 0 Å². The Kier molecular flexibility index (Phi) is 3.64. The highest BCUT2D eigenvalue weighted by molar-refractivity contribution is 5.88. The molecule has 1 N–H and O–H groups in total. The molecule has 0 aromatic carbocycles. The summed E-state index contributed by atoms with van der Waals surface area (Å²) in [6.07, 6.45) is 4.57. The quantitative estimate of drug-likeness (QED) is 0.863. The number of hydrogen-bond donors (Lipinski definition) is 1. The van der Waals surface area contributed by atoms with Gasteiger partial charge in [0.15, 0.2) is 5.79 Å². The fraction of sp³-hybridized carbons (Fsp3) is 0.615. The maximum Gasteiger partial charge on any atom is 0.339 e. The van der Waals surface area contributed by atoms with Gasteiger partial charge in [-0.25, -0.2) is 14.8 Å². The summed E-state index contributed by atoms with van der Waals surface area (Å²) >= 11 is 0. The lowest BCUT2D eigenvalue weighted by Gasteiger charge is -2.38.